The van der Waals surface area contributed by atoms with Crippen LogP contribution in [0.2, 0.25) is 12.6 Å². The number of benzene rings is 1. The van der Waals surface area contributed by atoms with E-state index in [1.165, 1.54) is 89.0 Å². The van der Waals surface area contributed by atoms with Gasteiger partial charge in [-0.3, -0.25) is 0 Å². The highest BCUT2D eigenvalue weighted by molar-refractivity contribution is 6.65. The largest absolute Gasteiger partial charge is 0.398 e. The van der Waals surface area contributed by atoms with Crippen molar-refractivity contribution in [2.75, 3.05) is 14.2 Å². The van der Waals surface area contributed by atoms with Crippen LogP contribution in [0, 0.1) is 5.92 Å². The van der Waals surface area contributed by atoms with Gasteiger partial charge in [0, 0.05) is 20.3 Å². The molecular formula is C26H50ClNO2Si. The van der Waals surface area contributed by atoms with Crippen molar-refractivity contribution in [1.29, 1.82) is 0 Å². The molecule has 0 saturated heterocycles. The minimum Gasteiger partial charge on any atom is -0.398 e. The Labute approximate surface area is 200 Å². The van der Waals surface area contributed by atoms with E-state index in [0.717, 1.165) is 6.04 Å². The first kappa shape index (κ1) is 30.6. The lowest BCUT2D eigenvalue weighted by molar-refractivity contribution is 0.247. The smallest absolute Gasteiger partial charge is 0.334 e. The van der Waals surface area contributed by atoms with Gasteiger partial charge in [0.1, 0.15) is 0 Å². The molecule has 0 spiro atoms. The molecule has 0 fully saturated rings. The van der Waals surface area contributed by atoms with Gasteiger partial charge in [-0.05, 0) is 36.9 Å². The average Bonchev–Trinajstić information content (AvgIpc) is 2.79. The second-order valence-electron chi connectivity index (χ2n) is 9.10. The zero-order valence-electron chi connectivity index (χ0n) is 20.7. The highest BCUT2D eigenvalue weighted by Crippen LogP contribution is 2.30. The molecular weight excluding hydrogens is 422 g/mol. The topological polar surface area (TPSA) is 44.5 Å². The maximum Gasteiger partial charge on any atom is 0.334 e. The van der Waals surface area contributed by atoms with Gasteiger partial charge in [-0.25, -0.2) is 0 Å². The number of halogens is 1. The molecule has 0 aromatic heterocycles. The van der Waals surface area contributed by atoms with E-state index in [0.29, 0.717) is 5.92 Å². The lowest BCUT2D eigenvalue weighted by atomic mass is 9.85. The second kappa shape index (κ2) is 19.1. The van der Waals surface area contributed by atoms with Crippen molar-refractivity contribution in [3.63, 3.8) is 0 Å². The van der Waals surface area contributed by atoms with Crippen LogP contribution >= 0.6 is 12.4 Å². The Bertz CT molecular complexity index is 513. The lowest BCUT2D eigenvalue weighted by Crippen LogP contribution is -2.35. The Morgan fingerprint density at radius 1 is 0.774 bits per heavy atom. The first-order valence-electron chi connectivity index (χ1n) is 12.5. The summed E-state index contributed by atoms with van der Waals surface area (Å²) < 4.78 is 11.3. The van der Waals surface area contributed by atoms with Crippen molar-refractivity contribution in [3.8, 4) is 0 Å². The second-order valence-corrected chi connectivity index (χ2v) is 12.7. The van der Waals surface area contributed by atoms with Gasteiger partial charge in [-0.1, -0.05) is 108 Å². The Morgan fingerprint density at radius 3 is 1.77 bits per heavy atom. The van der Waals surface area contributed by atoms with Gasteiger partial charge in [0.2, 0.25) is 0 Å². The summed E-state index contributed by atoms with van der Waals surface area (Å²) in [6, 6.07) is 11.9. The number of hydrogen-bond acceptors (Lipinski definition) is 3. The molecule has 0 aliphatic heterocycles. The van der Waals surface area contributed by atoms with E-state index < -0.39 is 8.56 Å². The van der Waals surface area contributed by atoms with Crippen molar-refractivity contribution in [2.45, 2.75) is 109 Å². The SMILES string of the molecule is CCCCCCCCCCCC(CCCC[Si](C)(OC)OC)C(N)c1ccccc1.Cl. The Hall–Kier alpha value is -0.393. The fourth-order valence-electron chi connectivity index (χ4n) is 4.31. The number of hydrogen-bond donors (Lipinski definition) is 1. The molecule has 1 aromatic rings. The summed E-state index contributed by atoms with van der Waals surface area (Å²) >= 11 is 0. The highest BCUT2D eigenvalue weighted by atomic mass is 35.5. The molecule has 5 heteroatoms. The van der Waals surface area contributed by atoms with E-state index in [4.69, 9.17) is 14.6 Å². The fraction of sp³-hybridized carbons (Fsp3) is 0.769. The Morgan fingerprint density at radius 2 is 1.26 bits per heavy atom. The van der Waals surface area contributed by atoms with Gasteiger partial charge in [-0.15, -0.1) is 12.4 Å². The number of nitrogens with two attached hydrogens (primary N) is 1. The average molecular weight is 472 g/mol. The third kappa shape index (κ3) is 13.7. The first-order chi connectivity index (χ1) is 14.6. The van der Waals surface area contributed by atoms with Gasteiger partial charge in [0.05, 0.1) is 0 Å². The van der Waals surface area contributed by atoms with Crippen LogP contribution < -0.4 is 5.73 Å². The maximum absolute atomic E-state index is 6.73. The van der Waals surface area contributed by atoms with Crippen molar-refractivity contribution in [2.24, 2.45) is 11.7 Å². The summed E-state index contributed by atoms with van der Waals surface area (Å²) in [5.74, 6) is 0.565. The molecule has 0 aliphatic rings. The zero-order chi connectivity index (χ0) is 22.1. The zero-order valence-corrected chi connectivity index (χ0v) is 22.6. The normalized spacial score (nSPS) is 13.6. The molecule has 2 unspecified atom stereocenters. The molecule has 0 amide bonds. The third-order valence-electron chi connectivity index (χ3n) is 6.69. The van der Waals surface area contributed by atoms with Crippen LogP contribution in [0.25, 0.3) is 0 Å². The van der Waals surface area contributed by atoms with Gasteiger partial charge in [0.15, 0.2) is 0 Å². The van der Waals surface area contributed by atoms with Crippen LogP contribution in [-0.2, 0) is 8.85 Å². The summed E-state index contributed by atoms with van der Waals surface area (Å²) in [7, 11) is 1.63. The van der Waals surface area contributed by atoms with E-state index in [2.05, 4.69) is 43.8 Å². The van der Waals surface area contributed by atoms with Crippen LogP contribution in [0.5, 0.6) is 0 Å². The first-order valence-corrected chi connectivity index (χ1v) is 15.0. The molecule has 0 bridgehead atoms. The van der Waals surface area contributed by atoms with Crippen LogP contribution in [0.15, 0.2) is 30.3 Å². The predicted octanol–water partition coefficient (Wildman–Crippen LogP) is 8.18. The molecule has 0 radical (unpaired) electrons. The van der Waals surface area contributed by atoms with E-state index >= 15 is 0 Å². The Kier molecular flexibility index (Phi) is 18.9. The van der Waals surface area contributed by atoms with Crippen LogP contribution in [0.1, 0.15) is 102 Å². The van der Waals surface area contributed by atoms with Crippen LogP contribution in [0.3, 0.4) is 0 Å². The molecule has 2 N–H and O–H groups in total. The molecule has 2 atom stereocenters. The maximum atomic E-state index is 6.73. The predicted molar refractivity (Wildman–Crippen MR) is 140 cm³/mol. The molecule has 31 heavy (non-hydrogen) atoms. The quantitative estimate of drug-likeness (QED) is 0.163. The molecule has 1 rings (SSSR count). The standard InChI is InChI=1S/C26H49NO2Si.ClH/c1-5-6-7-8-9-10-11-12-14-19-25(26(27)24-20-15-13-16-21-24)22-17-18-23-30(4,28-2)29-3;/h13,15-16,20-21,25-26H,5-12,14,17-19,22-23,27H2,1-4H3;1H. The van der Waals surface area contributed by atoms with Gasteiger partial charge in [0.25, 0.3) is 0 Å². The summed E-state index contributed by atoms with van der Waals surface area (Å²) in [6.07, 6.45) is 17.2. The van der Waals surface area contributed by atoms with E-state index in [9.17, 15) is 0 Å². The summed E-state index contributed by atoms with van der Waals surface area (Å²) in [4.78, 5) is 0. The molecule has 0 aliphatic carbocycles. The van der Waals surface area contributed by atoms with Gasteiger partial charge >= 0.3 is 8.56 Å². The minimum absolute atomic E-state index is 0. The van der Waals surface area contributed by atoms with Crippen molar-refractivity contribution >= 4 is 21.0 Å². The summed E-state index contributed by atoms with van der Waals surface area (Å²) in [6.45, 7) is 4.44. The lowest BCUT2D eigenvalue weighted by Gasteiger charge is -2.26. The van der Waals surface area contributed by atoms with E-state index in [1.807, 2.05) is 0 Å². The van der Waals surface area contributed by atoms with Crippen LogP contribution in [0.4, 0.5) is 0 Å². The third-order valence-corrected chi connectivity index (χ3v) is 9.68. The molecule has 0 saturated carbocycles. The van der Waals surface area contributed by atoms with E-state index in [-0.39, 0.29) is 18.4 Å². The van der Waals surface area contributed by atoms with E-state index in [1.54, 1.807) is 14.2 Å². The minimum atomic E-state index is -1.94. The monoisotopic (exact) mass is 471 g/mol. The van der Waals surface area contributed by atoms with Gasteiger partial charge in [-0.2, -0.15) is 0 Å². The molecule has 0 heterocycles. The number of unbranched alkanes of at least 4 members (excludes halogenated alkanes) is 9. The summed E-state index contributed by atoms with van der Waals surface area (Å²) in [5.41, 5.74) is 8.01. The fourth-order valence-corrected chi connectivity index (χ4v) is 5.78. The number of rotatable bonds is 19. The molecule has 182 valence electrons. The van der Waals surface area contributed by atoms with Crippen molar-refractivity contribution < 1.29 is 8.85 Å². The molecule has 1 aromatic carbocycles. The van der Waals surface area contributed by atoms with Crippen molar-refractivity contribution in [3.05, 3.63) is 35.9 Å². The summed E-state index contributed by atoms with van der Waals surface area (Å²) in [5, 5.41) is 0. The van der Waals surface area contributed by atoms with Gasteiger partial charge < -0.3 is 14.6 Å². The van der Waals surface area contributed by atoms with Crippen LogP contribution in [-0.4, -0.2) is 22.8 Å². The van der Waals surface area contributed by atoms with Crippen molar-refractivity contribution in [1.82, 2.24) is 0 Å². The highest BCUT2D eigenvalue weighted by Gasteiger charge is 2.28. The molecule has 3 nitrogen and oxygen atoms in total. The Balaban J connectivity index is 0.00000900.